The number of hydrogen-bond acceptors (Lipinski definition) is 4. The number of aryl methyl sites for hydroxylation is 4. The van der Waals surface area contributed by atoms with Crippen molar-refractivity contribution < 1.29 is 0 Å². The van der Waals surface area contributed by atoms with Gasteiger partial charge in [0.1, 0.15) is 17.7 Å². The van der Waals surface area contributed by atoms with Gasteiger partial charge in [-0.25, -0.2) is 15.0 Å². The van der Waals surface area contributed by atoms with Crippen molar-refractivity contribution in [2.75, 3.05) is 0 Å². The molecule has 0 saturated carbocycles. The van der Waals surface area contributed by atoms with Gasteiger partial charge < -0.3 is 4.57 Å². The predicted molar refractivity (Wildman–Crippen MR) is 149 cm³/mol. The average Bonchev–Trinajstić information content (AvgIpc) is 3.21. The van der Waals surface area contributed by atoms with Gasteiger partial charge in [0.15, 0.2) is 5.82 Å². The van der Waals surface area contributed by atoms with Gasteiger partial charge in [0.25, 0.3) is 0 Å². The van der Waals surface area contributed by atoms with Crippen molar-refractivity contribution in [1.29, 1.82) is 5.26 Å². The van der Waals surface area contributed by atoms with E-state index in [2.05, 4.69) is 94.0 Å². The van der Waals surface area contributed by atoms with E-state index in [1.807, 2.05) is 38.1 Å². The van der Waals surface area contributed by atoms with E-state index >= 15 is 0 Å². The average molecular weight is 480 g/mol. The second kappa shape index (κ2) is 8.69. The Kier molecular flexibility index (Phi) is 5.31. The van der Waals surface area contributed by atoms with E-state index < -0.39 is 0 Å². The first-order valence-electron chi connectivity index (χ1n) is 12.3. The Morgan fingerprint density at radius 2 is 1.41 bits per heavy atom. The van der Waals surface area contributed by atoms with Crippen LogP contribution in [-0.2, 0) is 0 Å². The van der Waals surface area contributed by atoms with Crippen molar-refractivity contribution >= 4 is 21.8 Å². The van der Waals surface area contributed by atoms with Crippen molar-refractivity contribution in [2.45, 2.75) is 27.7 Å². The van der Waals surface area contributed by atoms with Gasteiger partial charge in [-0.05, 0) is 74.7 Å². The molecule has 0 atom stereocenters. The molecule has 0 aliphatic rings. The maximum Gasteiger partial charge on any atom is 0.163 e. The molecule has 4 aromatic carbocycles. The Balaban J connectivity index is 1.67. The quantitative estimate of drug-likeness (QED) is 0.265. The maximum atomic E-state index is 10.1. The summed E-state index contributed by atoms with van der Waals surface area (Å²) in [6.07, 6.45) is 0. The summed E-state index contributed by atoms with van der Waals surface area (Å²) in [5.74, 6) is 1.94. The zero-order valence-corrected chi connectivity index (χ0v) is 21.2. The highest BCUT2D eigenvalue weighted by molar-refractivity contribution is 6.10. The molecule has 0 saturated heterocycles. The molecule has 5 nitrogen and oxygen atoms in total. The molecule has 0 unspecified atom stereocenters. The van der Waals surface area contributed by atoms with Crippen molar-refractivity contribution in [2.24, 2.45) is 0 Å². The number of hydrogen-bond donors (Lipinski definition) is 0. The highest BCUT2D eigenvalue weighted by Gasteiger charge is 2.17. The molecule has 2 aromatic heterocycles. The highest BCUT2D eigenvalue weighted by Crippen LogP contribution is 2.37. The van der Waals surface area contributed by atoms with Crippen LogP contribution in [0.1, 0.15) is 28.3 Å². The molecule has 0 N–H and O–H groups in total. The fraction of sp³-hybridized carbons (Fsp3) is 0.125. The third-order valence-electron chi connectivity index (χ3n) is 6.84. The second-order valence-electron chi connectivity index (χ2n) is 9.50. The van der Waals surface area contributed by atoms with Gasteiger partial charge in [0.05, 0.1) is 22.3 Å². The summed E-state index contributed by atoms with van der Waals surface area (Å²) < 4.78 is 2.20. The third kappa shape index (κ3) is 3.84. The minimum absolute atomic E-state index is 0.589. The van der Waals surface area contributed by atoms with Gasteiger partial charge in [-0.1, -0.05) is 54.1 Å². The molecule has 2 heterocycles. The van der Waals surface area contributed by atoms with Crippen LogP contribution in [-0.4, -0.2) is 19.5 Å². The number of fused-ring (bicyclic) bond motifs is 3. The Labute approximate surface area is 215 Å². The predicted octanol–water partition coefficient (Wildman–Crippen LogP) is 7.41. The van der Waals surface area contributed by atoms with Gasteiger partial charge in [-0.3, -0.25) is 0 Å². The SMILES string of the molecule is Cc1ccc(-c2ccc3c4ccccc4n(-c4cc(-c5nc(C)nc(C)n5)ccc4C#N)c3c2)c(C)c1. The number of nitriles is 1. The lowest BCUT2D eigenvalue weighted by molar-refractivity contribution is 0.928. The molecule has 0 amide bonds. The molecule has 0 bridgehead atoms. The second-order valence-corrected chi connectivity index (χ2v) is 9.50. The molecule has 6 rings (SSSR count). The fourth-order valence-corrected chi connectivity index (χ4v) is 5.23. The molecule has 0 radical (unpaired) electrons. The van der Waals surface area contributed by atoms with Gasteiger partial charge >= 0.3 is 0 Å². The minimum atomic E-state index is 0.589. The first-order chi connectivity index (χ1) is 17.9. The number of aromatic nitrogens is 4. The van der Waals surface area contributed by atoms with Crippen molar-refractivity contribution in [3.63, 3.8) is 0 Å². The number of benzene rings is 4. The van der Waals surface area contributed by atoms with Gasteiger partial charge in [-0.2, -0.15) is 5.26 Å². The number of nitrogens with zero attached hydrogens (tertiary/aromatic N) is 5. The zero-order chi connectivity index (χ0) is 25.7. The normalized spacial score (nSPS) is 11.2. The first-order valence-corrected chi connectivity index (χ1v) is 12.3. The summed E-state index contributed by atoms with van der Waals surface area (Å²) in [6, 6.07) is 29.7. The summed E-state index contributed by atoms with van der Waals surface area (Å²) in [5.41, 5.74) is 9.17. The summed E-state index contributed by atoms with van der Waals surface area (Å²) in [4.78, 5) is 13.4. The monoisotopic (exact) mass is 479 g/mol. The Hall–Kier alpha value is -4.82. The number of para-hydroxylation sites is 1. The standard InChI is InChI=1S/C32H25N5/c1-19-9-13-26(20(2)15-19)23-12-14-28-27-7-5-6-8-29(27)37(31(28)16-23)30-17-24(10-11-25(30)18-33)32-35-21(3)34-22(4)36-32/h5-17H,1-4H3. The molecule has 0 fully saturated rings. The summed E-state index contributed by atoms with van der Waals surface area (Å²) in [7, 11) is 0. The molecule has 37 heavy (non-hydrogen) atoms. The lowest BCUT2D eigenvalue weighted by Crippen LogP contribution is -2.02. The molecule has 0 aliphatic carbocycles. The van der Waals surface area contributed by atoms with E-state index in [9.17, 15) is 5.26 Å². The van der Waals surface area contributed by atoms with Crippen LogP contribution in [0.3, 0.4) is 0 Å². The minimum Gasteiger partial charge on any atom is -0.308 e. The molecule has 5 heteroatoms. The van der Waals surface area contributed by atoms with Crippen LogP contribution in [0.15, 0.2) is 78.9 Å². The largest absolute Gasteiger partial charge is 0.308 e. The van der Waals surface area contributed by atoms with Crippen LogP contribution in [0.4, 0.5) is 0 Å². The first kappa shape index (κ1) is 22.6. The highest BCUT2D eigenvalue weighted by atomic mass is 15.0. The zero-order valence-electron chi connectivity index (χ0n) is 21.2. The number of rotatable bonds is 3. The summed E-state index contributed by atoms with van der Waals surface area (Å²) >= 11 is 0. The smallest absolute Gasteiger partial charge is 0.163 e. The lowest BCUT2D eigenvalue weighted by atomic mass is 9.97. The van der Waals surface area contributed by atoms with E-state index in [0.717, 1.165) is 38.6 Å². The van der Waals surface area contributed by atoms with Crippen LogP contribution < -0.4 is 0 Å². The summed E-state index contributed by atoms with van der Waals surface area (Å²) in [5, 5.41) is 12.4. The van der Waals surface area contributed by atoms with E-state index in [-0.39, 0.29) is 0 Å². The Morgan fingerprint density at radius 1 is 0.676 bits per heavy atom. The van der Waals surface area contributed by atoms with Crippen molar-refractivity contribution in [1.82, 2.24) is 19.5 Å². The van der Waals surface area contributed by atoms with Crippen LogP contribution in [0.5, 0.6) is 0 Å². The fourth-order valence-electron chi connectivity index (χ4n) is 5.23. The Bertz CT molecular complexity index is 1870. The van der Waals surface area contributed by atoms with Gasteiger partial charge in [-0.15, -0.1) is 0 Å². The van der Waals surface area contributed by atoms with Crippen LogP contribution in [0, 0.1) is 39.0 Å². The molecular weight excluding hydrogens is 454 g/mol. The molecule has 0 spiro atoms. The van der Waals surface area contributed by atoms with Crippen LogP contribution in [0.2, 0.25) is 0 Å². The summed E-state index contributed by atoms with van der Waals surface area (Å²) in [6.45, 7) is 8.00. The van der Waals surface area contributed by atoms with E-state index in [1.54, 1.807) is 0 Å². The molecule has 0 aliphatic heterocycles. The van der Waals surface area contributed by atoms with Crippen LogP contribution >= 0.6 is 0 Å². The van der Waals surface area contributed by atoms with Gasteiger partial charge in [0, 0.05) is 16.3 Å². The molecule has 6 aromatic rings. The topological polar surface area (TPSA) is 67.4 Å². The molecule has 178 valence electrons. The van der Waals surface area contributed by atoms with Crippen LogP contribution in [0.25, 0.3) is 50.0 Å². The molecular formula is C32H25N5. The maximum absolute atomic E-state index is 10.1. The van der Waals surface area contributed by atoms with Crippen molar-refractivity contribution in [3.05, 3.63) is 107 Å². The van der Waals surface area contributed by atoms with E-state index in [0.29, 0.717) is 23.0 Å². The van der Waals surface area contributed by atoms with Gasteiger partial charge in [0.2, 0.25) is 0 Å². The lowest BCUT2D eigenvalue weighted by Gasteiger charge is -2.13. The van der Waals surface area contributed by atoms with Crippen molar-refractivity contribution in [3.8, 4) is 34.3 Å². The van der Waals surface area contributed by atoms with E-state index in [4.69, 9.17) is 0 Å². The third-order valence-corrected chi connectivity index (χ3v) is 6.84. The Morgan fingerprint density at radius 3 is 2.16 bits per heavy atom. The van der Waals surface area contributed by atoms with E-state index in [1.165, 1.54) is 16.7 Å².